The van der Waals surface area contributed by atoms with Crippen LogP contribution in [0.3, 0.4) is 0 Å². The minimum atomic E-state index is 0.446. The van der Waals surface area contributed by atoms with Gasteiger partial charge in [-0.2, -0.15) is 10.4 Å². The zero-order chi connectivity index (χ0) is 13.0. The number of methoxy groups -OCH3 is 1. The smallest absolute Gasteiger partial charge is 0.121 e. The summed E-state index contributed by atoms with van der Waals surface area (Å²) in [5.41, 5.74) is 8.37. The topological polar surface area (TPSA) is 76.9 Å². The van der Waals surface area contributed by atoms with Gasteiger partial charge in [0.05, 0.1) is 32.3 Å². The van der Waals surface area contributed by atoms with Crippen LogP contribution in [0, 0.1) is 11.3 Å². The van der Waals surface area contributed by atoms with E-state index in [0.29, 0.717) is 18.7 Å². The Morgan fingerprint density at radius 3 is 2.94 bits per heavy atom. The molecule has 0 aliphatic carbocycles. The van der Waals surface area contributed by atoms with Crippen molar-refractivity contribution in [1.29, 1.82) is 5.26 Å². The molecule has 0 fully saturated rings. The molecular weight excluding hydrogens is 228 g/mol. The summed E-state index contributed by atoms with van der Waals surface area (Å²) in [4.78, 5) is 0. The van der Waals surface area contributed by atoms with E-state index in [-0.39, 0.29) is 0 Å². The van der Waals surface area contributed by atoms with Gasteiger partial charge in [0.15, 0.2) is 0 Å². The van der Waals surface area contributed by atoms with Gasteiger partial charge in [0, 0.05) is 23.5 Å². The molecular formula is C13H14N4O. The molecule has 2 N–H and O–H groups in total. The fourth-order valence-corrected chi connectivity index (χ4v) is 1.71. The summed E-state index contributed by atoms with van der Waals surface area (Å²) >= 11 is 0. The lowest BCUT2D eigenvalue weighted by Crippen LogP contribution is -1.96. The number of rotatable bonds is 4. The van der Waals surface area contributed by atoms with E-state index in [1.165, 1.54) is 0 Å². The molecule has 2 aromatic rings. The number of nitrogens with two attached hydrogens (primary N) is 1. The van der Waals surface area contributed by atoms with Crippen molar-refractivity contribution in [3.63, 3.8) is 0 Å². The standard InChI is InChI=1S/C13H14N4O/c1-18-13-6-10(5-12(15)7-13)11-8-16-17(9-11)4-2-3-14/h5-9H,2,4,15H2,1H3. The first-order valence-electron chi connectivity index (χ1n) is 5.57. The number of anilines is 1. The molecule has 2 rings (SSSR count). The van der Waals surface area contributed by atoms with Gasteiger partial charge >= 0.3 is 0 Å². The maximum atomic E-state index is 8.53. The van der Waals surface area contributed by atoms with Crippen molar-refractivity contribution in [1.82, 2.24) is 9.78 Å². The van der Waals surface area contributed by atoms with Crippen LogP contribution in [0.1, 0.15) is 6.42 Å². The van der Waals surface area contributed by atoms with E-state index in [9.17, 15) is 0 Å². The molecule has 0 saturated heterocycles. The zero-order valence-electron chi connectivity index (χ0n) is 10.1. The Morgan fingerprint density at radius 1 is 1.39 bits per heavy atom. The van der Waals surface area contributed by atoms with Crippen molar-refractivity contribution in [3.05, 3.63) is 30.6 Å². The maximum absolute atomic E-state index is 8.53. The van der Waals surface area contributed by atoms with E-state index >= 15 is 0 Å². The molecule has 0 aliphatic heterocycles. The normalized spacial score (nSPS) is 10.0. The lowest BCUT2D eigenvalue weighted by atomic mass is 10.1. The summed E-state index contributed by atoms with van der Waals surface area (Å²) in [6.45, 7) is 0.593. The Hall–Kier alpha value is -2.48. The monoisotopic (exact) mass is 242 g/mol. The third-order valence-electron chi connectivity index (χ3n) is 2.58. The number of benzene rings is 1. The SMILES string of the molecule is COc1cc(N)cc(-c2cnn(CCC#N)c2)c1. The molecule has 1 heterocycles. The molecule has 1 aromatic carbocycles. The van der Waals surface area contributed by atoms with Gasteiger partial charge < -0.3 is 10.5 Å². The van der Waals surface area contributed by atoms with Crippen LogP contribution in [0.5, 0.6) is 5.75 Å². The number of aromatic nitrogens is 2. The first-order chi connectivity index (χ1) is 8.72. The molecule has 0 atom stereocenters. The Morgan fingerprint density at radius 2 is 2.22 bits per heavy atom. The number of nitrogens with zero attached hydrogens (tertiary/aromatic N) is 3. The molecule has 0 spiro atoms. The van der Waals surface area contributed by atoms with Gasteiger partial charge in [0.1, 0.15) is 5.75 Å². The quantitative estimate of drug-likeness (QED) is 0.832. The highest BCUT2D eigenvalue weighted by molar-refractivity contribution is 5.68. The largest absolute Gasteiger partial charge is 0.497 e. The predicted molar refractivity (Wildman–Crippen MR) is 68.9 cm³/mol. The Kier molecular flexibility index (Phi) is 3.49. The molecule has 0 radical (unpaired) electrons. The summed E-state index contributed by atoms with van der Waals surface area (Å²) in [6, 6.07) is 7.63. The average molecular weight is 242 g/mol. The minimum absolute atomic E-state index is 0.446. The number of hydrogen-bond acceptors (Lipinski definition) is 4. The number of ether oxygens (including phenoxy) is 1. The van der Waals surface area contributed by atoms with Crippen LogP contribution in [-0.2, 0) is 6.54 Å². The van der Waals surface area contributed by atoms with E-state index in [2.05, 4.69) is 11.2 Å². The van der Waals surface area contributed by atoms with Crippen LogP contribution < -0.4 is 10.5 Å². The molecule has 5 heteroatoms. The van der Waals surface area contributed by atoms with Crippen LogP contribution >= 0.6 is 0 Å². The third-order valence-corrected chi connectivity index (χ3v) is 2.58. The van der Waals surface area contributed by atoms with Gasteiger partial charge in [0.25, 0.3) is 0 Å². The van der Waals surface area contributed by atoms with E-state index in [1.807, 2.05) is 18.3 Å². The highest BCUT2D eigenvalue weighted by Gasteiger charge is 2.05. The molecule has 0 bridgehead atoms. The van der Waals surface area contributed by atoms with Crippen LogP contribution in [0.4, 0.5) is 5.69 Å². The molecule has 18 heavy (non-hydrogen) atoms. The second-order valence-corrected chi connectivity index (χ2v) is 3.90. The fourth-order valence-electron chi connectivity index (χ4n) is 1.71. The summed E-state index contributed by atoms with van der Waals surface area (Å²) in [6.07, 6.45) is 4.10. The Labute approximate surface area is 105 Å². The molecule has 0 saturated carbocycles. The van der Waals surface area contributed by atoms with Crippen molar-refractivity contribution >= 4 is 5.69 Å². The lowest BCUT2D eigenvalue weighted by Gasteiger charge is -2.04. The van der Waals surface area contributed by atoms with Crippen molar-refractivity contribution in [2.75, 3.05) is 12.8 Å². The minimum Gasteiger partial charge on any atom is -0.497 e. The van der Waals surface area contributed by atoms with Crippen LogP contribution in [0.25, 0.3) is 11.1 Å². The number of nitrogen functional groups attached to an aromatic ring is 1. The van der Waals surface area contributed by atoms with Gasteiger partial charge in [0.2, 0.25) is 0 Å². The van der Waals surface area contributed by atoms with Gasteiger partial charge in [-0.3, -0.25) is 4.68 Å². The van der Waals surface area contributed by atoms with Crippen molar-refractivity contribution < 1.29 is 4.74 Å². The van der Waals surface area contributed by atoms with E-state index in [1.54, 1.807) is 24.1 Å². The summed E-state index contributed by atoms with van der Waals surface area (Å²) in [5, 5.41) is 12.7. The second kappa shape index (κ2) is 5.23. The average Bonchev–Trinajstić information content (AvgIpc) is 2.84. The fraction of sp³-hybridized carbons (Fsp3) is 0.231. The van der Waals surface area contributed by atoms with Gasteiger partial charge in [-0.05, 0) is 17.7 Å². The molecule has 0 aliphatic rings. The molecule has 92 valence electrons. The molecule has 1 aromatic heterocycles. The van der Waals surface area contributed by atoms with Crippen molar-refractivity contribution in [2.45, 2.75) is 13.0 Å². The highest BCUT2D eigenvalue weighted by atomic mass is 16.5. The molecule has 5 nitrogen and oxygen atoms in total. The van der Waals surface area contributed by atoms with Gasteiger partial charge in [-0.25, -0.2) is 0 Å². The lowest BCUT2D eigenvalue weighted by molar-refractivity contribution is 0.415. The summed E-state index contributed by atoms with van der Waals surface area (Å²) in [5.74, 6) is 0.717. The van der Waals surface area contributed by atoms with E-state index < -0.39 is 0 Å². The summed E-state index contributed by atoms with van der Waals surface area (Å²) < 4.78 is 6.92. The predicted octanol–water partition coefficient (Wildman–Crippen LogP) is 2.05. The van der Waals surface area contributed by atoms with E-state index in [4.69, 9.17) is 15.7 Å². The van der Waals surface area contributed by atoms with Crippen molar-refractivity contribution in [2.24, 2.45) is 0 Å². The highest BCUT2D eigenvalue weighted by Crippen LogP contribution is 2.26. The third kappa shape index (κ3) is 2.61. The molecule has 0 amide bonds. The second-order valence-electron chi connectivity index (χ2n) is 3.90. The van der Waals surface area contributed by atoms with Crippen LogP contribution in [0.2, 0.25) is 0 Å². The number of hydrogen-bond donors (Lipinski definition) is 1. The number of aryl methyl sites for hydroxylation is 1. The first-order valence-corrected chi connectivity index (χ1v) is 5.57. The Bertz CT molecular complexity index is 583. The van der Waals surface area contributed by atoms with Gasteiger partial charge in [-0.1, -0.05) is 0 Å². The van der Waals surface area contributed by atoms with Gasteiger partial charge in [-0.15, -0.1) is 0 Å². The van der Waals surface area contributed by atoms with Crippen LogP contribution in [-0.4, -0.2) is 16.9 Å². The first kappa shape index (κ1) is 12.0. The number of nitriles is 1. The van der Waals surface area contributed by atoms with Crippen LogP contribution in [0.15, 0.2) is 30.6 Å². The Balaban J connectivity index is 2.28. The van der Waals surface area contributed by atoms with Crippen molar-refractivity contribution in [3.8, 4) is 22.9 Å². The molecule has 0 unspecified atom stereocenters. The summed E-state index contributed by atoms with van der Waals surface area (Å²) in [7, 11) is 1.61. The maximum Gasteiger partial charge on any atom is 0.121 e. The zero-order valence-corrected chi connectivity index (χ0v) is 10.1. The van der Waals surface area contributed by atoms with E-state index in [0.717, 1.165) is 16.9 Å².